The number of hydrogen-bond acceptors (Lipinski definition) is 5. The molecule has 0 aromatic heterocycles. The third kappa shape index (κ3) is 6.00. The number of hydrogen-bond donors (Lipinski definition) is 2. The summed E-state index contributed by atoms with van der Waals surface area (Å²) in [6, 6.07) is 6.30. The Kier molecular flexibility index (Phi) is 7.33. The van der Waals surface area contributed by atoms with Gasteiger partial charge < -0.3 is 20.1 Å². The molecule has 0 unspecified atom stereocenters. The summed E-state index contributed by atoms with van der Waals surface area (Å²) < 4.78 is 11.0. The Morgan fingerprint density at radius 3 is 2.64 bits per heavy atom. The van der Waals surface area contributed by atoms with Crippen LogP contribution in [0.15, 0.2) is 36.4 Å². The summed E-state index contributed by atoms with van der Waals surface area (Å²) in [6.07, 6.45) is 6.44. The molecule has 150 valence electrons. The van der Waals surface area contributed by atoms with Crippen LogP contribution in [0, 0.1) is 0 Å². The number of amides is 2. The van der Waals surface area contributed by atoms with Gasteiger partial charge in [0.1, 0.15) is 0 Å². The second kappa shape index (κ2) is 10.1. The summed E-state index contributed by atoms with van der Waals surface area (Å²) >= 11 is 0. The quantitative estimate of drug-likeness (QED) is 0.607. The second-order valence-corrected chi connectivity index (χ2v) is 6.97. The Bertz CT molecular complexity index is 742. The van der Waals surface area contributed by atoms with Gasteiger partial charge in [-0.15, -0.1) is 0 Å². The maximum absolute atomic E-state index is 12.8. The summed E-state index contributed by atoms with van der Waals surface area (Å²) in [7, 11) is 0. The maximum atomic E-state index is 12.8. The van der Waals surface area contributed by atoms with Crippen molar-refractivity contribution in [2.45, 2.75) is 44.4 Å². The zero-order valence-electron chi connectivity index (χ0n) is 15.8. The van der Waals surface area contributed by atoms with Gasteiger partial charge in [-0.2, -0.15) is 0 Å². The van der Waals surface area contributed by atoms with Gasteiger partial charge in [-0.25, -0.2) is 0 Å². The SMILES string of the molecule is O=C(NC1CC1)C(=O)[C@@H]1CC/C=C\COCCOCc2ccccc2C(=O)N1. The van der Waals surface area contributed by atoms with Crippen LogP contribution in [-0.4, -0.2) is 49.5 Å². The molecule has 0 saturated heterocycles. The van der Waals surface area contributed by atoms with Crippen molar-refractivity contribution >= 4 is 17.6 Å². The van der Waals surface area contributed by atoms with Crippen molar-refractivity contribution in [2.75, 3.05) is 19.8 Å². The van der Waals surface area contributed by atoms with Crippen LogP contribution in [0.25, 0.3) is 0 Å². The molecule has 1 fully saturated rings. The van der Waals surface area contributed by atoms with Gasteiger partial charge in [0.25, 0.3) is 11.8 Å². The summed E-state index contributed by atoms with van der Waals surface area (Å²) in [5.74, 6) is -1.62. The van der Waals surface area contributed by atoms with Crippen LogP contribution in [0.3, 0.4) is 0 Å². The highest BCUT2D eigenvalue weighted by Gasteiger charge is 2.31. The van der Waals surface area contributed by atoms with Crippen LogP contribution in [0.1, 0.15) is 41.6 Å². The Morgan fingerprint density at radius 2 is 1.82 bits per heavy atom. The first-order chi connectivity index (χ1) is 13.6. The van der Waals surface area contributed by atoms with E-state index in [1.165, 1.54) is 0 Å². The van der Waals surface area contributed by atoms with E-state index in [1.807, 2.05) is 24.3 Å². The van der Waals surface area contributed by atoms with Crippen LogP contribution in [-0.2, 0) is 25.7 Å². The molecule has 28 heavy (non-hydrogen) atoms. The van der Waals surface area contributed by atoms with Gasteiger partial charge >= 0.3 is 0 Å². The molecule has 1 aliphatic heterocycles. The fourth-order valence-corrected chi connectivity index (χ4v) is 2.92. The second-order valence-electron chi connectivity index (χ2n) is 6.97. The number of benzene rings is 1. The largest absolute Gasteiger partial charge is 0.375 e. The van der Waals surface area contributed by atoms with Gasteiger partial charge in [0.05, 0.1) is 32.5 Å². The normalized spacial score (nSPS) is 22.7. The van der Waals surface area contributed by atoms with Gasteiger partial charge in [0.15, 0.2) is 0 Å². The predicted molar refractivity (Wildman–Crippen MR) is 103 cm³/mol. The van der Waals surface area contributed by atoms with Crippen molar-refractivity contribution in [1.29, 1.82) is 0 Å². The minimum absolute atomic E-state index is 0.0873. The highest BCUT2D eigenvalue weighted by Crippen LogP contribution is 2.19. The first-order valence-electron chi connectivity index (χ1n) is 9.69. The van der Waals surface area contributed by atoms with E-state index in [0.29, 0.717) is 38.2 Å². The van der Waals surface area contributed by atoms with Crippen LogP contribution in [0.5, 0.6) is 0 Å². The smallest absolute Gasteiger partial charge is 0.289 e. The monoisotopic (exact) mass is 386 g/mol. The lowest BCUT2D eigenvalue weighted by Crippen LogP contribution is -2.48. The molecule has 7 nitrogen and oxygen atoms in total. The number of Topliss-reactive ketones (excluding diaryl/α,β-unsaturated/α-hetero) is 1. The number of carbonyl (C=O) groups is 3. The van der Waals surface area contributed by atoms with Crippen molar-refractivity contribution in [3.8, 4) is 0 Å². The van der Waals surface area contributed by atoms with Crippen molar-refractivity contribution < 1.29 is 23.9 Å². The average molecular weight is 386 g/mol. The molecule has 2 N–H and O–H groups in total. The van der Waals surface area contributed by atoms with Crippen molar-refractivity contribution in [1.82, 2.24) is 10.6 Å². The van der Waals surface area contributed by atoms with Gasteiger partial charge in [-0.05, 0) is 37.3 Å². The van der Waals surface area contributed by atoms with Crippen LogP contribution >= 0.6 is 0 Å². The lowest BCUT2D eigenvalue weighted by Gasteiger charge is -2.18. The van der Waals surface area contributed by atoms with Crippen LogP contribution in [0.4, 0.5) is 0 Å². The first kappa shape index (κ1) is 20.2. The highest BCUT2D eigenvalue weighted by atomic mass is 16.5. The summed E-state index contributed by atoms with van der Waals surface area (Å²) in [6.45, 7) is 1.60. The number of carbonyl (C=O) groups excluding carboxylic acids is 3. The van der Waals surface area contributed by atoms with Gasteiger partial charge in [-0.3, -0.25) is 14.4 Å². The van der Waals surface area contributed by atoms with Crippen LogP contribution < -0.4 is 10.6 Å². The van der Waals surface area contributed by atoms with Gasteiger partial charge in [-0.1, -0.05) is 30.4 Å². The van der Waals surface area contributed by atoms with E-state index < -0.39 is 17.7 Å². The lowest BCUT2D eigenvalue weighted by atomic mass is 10.0. The summed E-state index contributed by atoms with van der Waals surface area (Å²) in [5, 5.41) is 5.45. The molecule has 1 aliphatic carbocycles. The van der Waals surface area contributed by atoms with Crippen molar-refractivity contribution in [2.24, 2.45) is 0 Å². The molecule has 2 aliphatic rings. The number of ketones is 1. The molecule has 1 atom stereocenters. The number of ether oxygens (including phenoxy) is 2. The number of nitrogens with one attached hydrogen (secondary N) is 2. The van der Waals surface area contributed by atoms with Crippen molar-refractivity contribution in [3.63, 3.8) is 0 Å². The molecule has 7 heteroatoms. The van der Waals surface area contributed by atoms with E-state index in [9.17, 15) is 14.4 Å². The molecule has 1 aromatic carbocycles. The number of rotatable bonds is 3. The lowest BCUT2D eigenvalue weighted by molar-refractivity contribution is -0.139. The Balaban J connectivity index is 1.76. The molecule has 3 rings (SSSR count). The summed E-state index contributed by atoms with van der Waals surface area (Å²) in [5.41, 5.74) is 1.16. The minimum Gasteiger partial charge on any atom is -0.375 e. The molecule has 1 heterocycles. The molecule has 0 bridgehead atoms. The van der Waals surface area contributed by atoms with Crippen LogP contribution in [0.2, 0.25) is 0 Å². The molecule has 1 saturated carbocycles. The molecular weight excluding hydrogens is 360 g/mol. The van der Waals surface area contributed by atoms with Gasteiger partial charge in [0.2, 0.25) is 5.78 Å². The zero-order chi connectivity index (χ0) is 19.8. The average Bonchev–Trinajstić information content (AvgIpc) is 3.51. The summed E-state index contributed by atoms with van der Waals surface area (Å²) in [4.78, 5) is 37.6. The fourth-order valence-electron chi connectivity index (χ4n) is 2.92. The maximum Gasteiger partial charge on any atom is 0.289 e. The van der Waals surface area contributed by atoms with E-state index in [2.05, 4.69) is 10.6 Å². The molecule has 0 radical (unpaired) electrons. The van der Waals surface area contributed by atoms with E-state index in [0.717, 1.165) is 18.4 Å². The van der Waals surface area contributed by atoms with Crippen molar-refractivity contribution in [3.05, 3.63) is 47.5 Å². The molecule has 1 aromatic rings. The van der Waals surface area contributed by atoms with E-state index in [1.54, 1.807) is 12.1 Å². The standard InChI is InChI=1S/C21H26N2O5/c24-19(21(26)22-16-9-10-16)18-8-2-1-5-11-27-12-13-28-14-15-6-3-4-7-17(15)20(25)23-18/h1,3-7,16,18H,2,8-14H2,(H,22,26)(H,23,25)/b5-1-/t18-/m0/s1. The molecular formula is C21H26N2O5. The Morgan fingerprint density at radius 1 is 1.04 bits per heavy atom. The third-order valence-electron chi connectivity index (χ3n) is 4.65. The van der Waals surface area contributed by atoms with E-state index >= 15 is 0 Å². The topological polar surface area (TPSA) is 93.7 Å². The predicted octanol–water partition coefficient (Wildman–Crippen LogP) is 1.52. The zero-order valence-corrected chi connectivity index (χ0v) is 15.8. The minimum atomic E-state index is -0.879. The van der Waals surface area contributed by atoms with Gasteiger partial charge in [0, 0.05) is 11.6 Å². The highest BCUT2D eigenvalue weighted by molar-refractivity contribution is 6.38. The first-order valence-corrected chi connectivity index (χ1v) is 9.69. The Hall–Kier alpha value is -2.51. The number of allylic oxidation sites excluding steroid dienone is 1. The van der Waals surface area contributed by atoms with E-state index in [4.69, 9.17) is 9.47 Å². The third-order valence-corrected chi connectivity index (χ3v) is 4.65. The molecule has 2 amide bonds. The Labute approximate surface area is 164 Å². The van der Waals surface area contributed by atoms with E-state index in [-0.39, 0.29) is 18.6 Å². The molecule has 0 spiro atoms. The fraction of sp³-hybridized carbons (Fsp3) is 0.476. The number of fused-ring (bicyclic) bond motifs is 1.